The fourth-order valence-electron chi connectivity index (χ4n) is 1.08. The van der Waals surface area contributed by atoms with Gasteiger partial charge in [0, 0.05) is 10.5 Å². The molecule has 1 saturated heterocycles. The van der Waals surface area contributed by atoms with Crippen LogP contribution in [0.25, 0.3) is 0 Å². The van der Waals surface area contributed by atoms with Crippen LogP contribution < -0.4 is 11.2 Å². The first-order valence-electron chi connectivity index (χ1n) is 3.56. The van der Waals surface area contributed by atoms with Crippen molar-refractivity contribution in [3.63, 3.8) is 0 Å². The van der Waals surface area contributed by atoms with Gasteiger partial charge in [-0.15, -0.1) is 5.48 Å². The lowest BCUT2D eigenvalue weighted by Gasteiger charge is -2.12. The molecule has 0 aliphatic carbocycles. The first-order valence-corrected chi connectivity index (χ1v) is 4.64. The molecule has 2 rings (SSSR count). The van der Waals surface area contributed by atoms with E-state index in [1.807, 2.05) is 0 Å². The van der Waals surface area contributed by atoms with Gasteiger partial charge in [-0.25, -0.2) is 0 Å². The number of rotatable bonds is 2. The third-order valence-corrected chi connectivity index (χ3v) is 2.50. The van der Waals surface area contributed by atoms with E-state index in [0.717, 1.165) is 0 Å². The average molecular weight is 199 g/mol. The molecular weight excluding hydrogens is 192 g/mol. The van der Waals surface area contributed by atoms with Crippen LogP contribution in [0.15, 0.2) is 29.2 Å². The van der Waals surface area contributed by atoms with Gasteiger partial charge in [0.2, 0.25) is 5.85 Å². The molecule has 2 atom stereocenters. The molecule has 70 valence electrons. The van der Waals surface area contributed by atoms with Gasteiger partial charge >= 0.3 is 0 Å². The maximum atomic E-state index is 10.8. The van der Waals surface area contributed by atoms with E-state index in [9.17, 15) is 8.76 Å². The van der Waals surface area contributed by atoms with Gasteiger partial charge in [0.25, 0.3) is 0 Å². The van der Waals surface area contributed by atoms with Crippen molar-refractivity contribution >= 4 is 11.1 Å². The Kier molecular flexibility index (Phi) is 1.94. The van der Waals surface area contributed by atoms with Crippen LogP contribution >= 0.6 is 0 Å². The van der Waals surface area contributed by atoms with Crippen LogP contribution in [0.2, 0.25) is 0 Å². The summed E-state index contributed by atoms with van der Waals surface area (Å²) in [5.41, 5.74) is 8.45. The first kappa shape index (κ1) is 8.79. The molecule has 13 heavy (non-hydrogen) atoms. The third kappa shape index (κ3) is 1.50. The lowest BCUT2D eigenvalue weighted by Crippen LogP contribution is -2.26. The summed E-state index contributed by atoms with van der Waals surface area (Å²) >= 11 is -2.30. The highest BCUT2D eigenvalue weighted by Crippen LogP contribution is 2.30. The van der Waals surface area contributed by atoms with Crippen LogP contribution in [0.3, 0.4) is 0 Å². The van der Waals surface area contributed by atoms with Crippen molar-refractivity contribution in [1.82, 2.24) is 5.48 Å². The maximum Gasteiger partial charge on any atom is 0.240 e. The summed E-state index contributed by atoms with van der Waals surface area (Å²) in [7, 11) is 0. The van der Waals surface area contributed by atoms with E-state index in [1.165, 1.54) is 6.07 Å². The van der Waals surface area contributed by atoms with E-state index in [-0.39, 0.29) is 4.90 Å². The molecule has 1 heterocycles. The highest BCUT2D eigenvalue weighted by molar-refractivity contribution is 7.79. The highest BCUT2D eigenvalue weighted by Gasteiger charge is 2.44. The molecule has 1 aromatic carbocycles. The smallest absolute Gasteiger partial charge is 0.240 e. The Balaban J connectivity index is 2.50. The van der Waals surface area contributed by atoms with E-state index in [0.29, 0.717) is 5.56 Å². The third-order valence-electron chi connectivity index (χ3n) is 1.79. The first-order chi connectivity index (χ1) is 6.13. The Bertz CT molecular complexity index is 365. The molecule has 1 aliphatic rings. The molecule has 0 aromatic heterocycles. The number of nitrogens with one attached hydrogen (secondary N) is 1. The highest BCUT2D eigenvalue weighted by atomic mass is 32.2. The minimum atomic E-state index is -2.30. The minimum Gasteiger partial charge on any atom is -0.768 e. The van der Waals surface area contributed by atoms with Gasteiger partial charge < -0.3 is 4.55 Å². The van der Waals surface area contributed by atoms with E-state index in [2.05, 4.69) is 5.48 Å². The Hall–Kier alpha value is -0.790. The van der Waals surface area contributed by atoms with E-state index < -0.39 is 16.9 Å². The second-order valence-electron chi connectivity index (χ2n) is 2.67. The maximum absolute atomic E-state index is 10.8. The fraction of sp³-hybridized carbons (Fsp3) is 0.143. The molecular formula is C7H7N2O3S-. The average Bonchev–Trinajstić information content (AvgIpc) is 2.85. The zero-order valence-corrected chi connectivity index (χ0v) is 7.34. The summed E-state index contributed by atoms with van der Waals surface area (Å²) in [4.78, 5) is 4.88. The quantitative estimate of drug-likeness (QED) is 0.495. The summed E-state index contributed by atoms with van der Waals surface area (Å²) in [5, 5.41) is 0. The van der Waals surface area contributed by atoms with Crippen molar-refractivity contribution in [2.24, 2.45) is 5.73 Å². The lowest BCUT2D eigenvalue weighted by atomic mass is 10.1. The van der Waals surface area contributed by atoms with Crippen LogP contribution in [0.5, 0.6) is 0 Å². The second kappa shape index (κ2) is 2.86. The molecule has 5 nitrogen and oxygen atoms in total. The molecule has 1 fully saturated rings. The Morgan fingerprint density at radius 3 is 2.69 bits per heavy atom. The number of hydrogen-bond acceptors (Lipinski definition) is 5. The zero-order chi connectivity index (χ0) is 9.47. The molecule has 0 saturated carbocycles. The summed E-state index contributed by atoms with van der Waals surface area (Å²) in [6, 6.07) is 6.39. The second-order valence-corrected chi connectivity index (χ2v) is 3.58. The van der Waals surface area contributed by atoms with Gasteiger partial charge in [-0.3, -0.25) is 14.8 Å². The van der Waals surface area contributed by atoms with E-state index in [4.69, 9.17) is 10.6 Å². The van der Waals surface area contributed by atoms with Crippen LogP contribution in [0.4, 0.5) is 0 Å². The van der Waals surface area contributed by atoms with Crippen molar-refractivity contribution in [2.75, 3.05) is 0 Å². The predicted octanol–water partition coefficient (Wildman–Crippen LogP) is -0.472. The summed E-state index contributed by atoms with van der Waals surface area (Å²) in [5.74, 6) is -1.13. The van der Waals surface area contributed by atoms with Crippen LogP contribution in [0, 0.1) is 0 Å². The predicted molar refractivity (Wildman–Crippen MR) is 43.7 cm³/mol. The molecule has 3 N–H and O–H groups in total. The Labute approximate surface area is 77.1 Å². The largest absolute Gasteiger partial charge is 0.768 e. The number of hydroxylamine groups is 1. The normalized spacial score (nSPS) is 28.5. The minimum absolute atomic E-state index is 0.148. The van der Waals surface area contributed by atoms with Gasteiger partial charge in [0.05, 0.1) is 0 Å². The number of hydrogen-bond donors (Lipinski definition) is 2. The monoisotopic (exact) mass is 199 g/mol. The van der Waals surface area contributed by atoms with Gasteiger partial charge in [-0.2, -0.15) is 0 Å². The van der Waals surface area contributed by atoms with Crippen LogP contribution in [-0.2, 0) is 21.8 Å². The van der Waals surface area contributed by atoms with Crippen LogP contribution in [-0.4, -0.2) is 8.76 Å². The summed E-state index contributed by atoms with van der Waals surface area (Å²) in [6.07, 6.45) is 0. The molecule has 6 heteroatoms. The molecule has 1 aromatic rings. The van der Waals surface area contributed by atoms with E-state index in [1.54, 1.807) is 18.2 Å². The zero-order valence-electron chi connectivity index (χ0n) is 6.52. The van der Waals surface area contributed by atoms with Crippen molar-refractivity contribution in [2.45, 2.75) is 10.7 Å². The summed E-state index contributed by atoms with van der Waals surface area (Å²) in [6.45, 7) is 0. The van der Waals surface area contributed by atoms with Gasteiger partial charge in [-0.1, -0.05) is 18.2 Å². The summed E-state index contributed by atoms with van der Waals surface area (Å²) < 4.78 is 21.5. The molecule has 0 bridgehead atoms. The van der Waals surface area contributed by atoms with Crippen molar-refractivity contribution in [3.8, 4) is 0 Å². The van der Waals surface area contributed by atoms with Gasteiger partial charge in [-0.05, 0) is 17.1 Å². The molecule has 0 radical (unpaired) electrons. The molecule has 2 unspecified atom stereocenters. The number of benzene rings is 1. The molecule has 0 spiro atoms. The number of nitrogens with two attached hydrogens (primary N) is 1. The molecule has 0 amide bonds. The fourth-order valence-corrected chi connectivity index (χ4v) is 1.67. The van der Waals surface area contributed by atoms with Gasteiger partial charge in [0.1, 0.15) is 0 Å². The standard InChI is InChI=1S/C7H8N2O3S/c8-7(9-12-7)5-3-1-2-4-6(5)13(10)11/h1-4,9H,8H2,(H,10,11)/p-1. The van der Waals surface area contributed by atoms with Crippen molar-refractivity contribution in [3.05, 3.63) is 29.8 Å². The van der Waals surface area contributed by atoms with Gasteiger partial charge in [0.15, 0.2) is 0 Å². The van der Waals surface area contributed by atoms with Crippen molar-refractivity contribution in [1.29, 1.82) is 0 Å². The van der Waals surface area contributed by atoms with E-state index >= 15 is 0 Å². The SMILES string of the molecule is NC1(c2ccccc2S(=O)[O-])NO1. The lowest BCUT2D eigenvalue weighted by molar-refractivity contribution is 0.297. The Morgan fingerprint density at radius 1 is 1.54 bits per heavy atom. The Morgan fingerprint density at radius 2 is 2.15 bits per heavy atom. The molecule has 1 aliphatic heterocycles. The topological polar surface area (TPSA) is 101 Å². The van der Waals surface area contributed by atoms with Crippen LogP contribution in [0.1, 0.15) is 5.56 Å². The van der Waals surface area contributed by atoms with Crippen molar-refractivity contribution < 1.29 is 13.6 Å².